The number of aryl methyl sites for hydroxylation is 2. The summed E-state index contributed by atoms with van der Waals surface area (Å²) in [5, 5.41) is 5.76. The molecule has 0 spiro atoms. The minimum absolute atomic E-state index is 0.0272. The minimum Gasteiger partial charge on any atom is -0.301 e. The first-order chi connectivity index (χ1) is 13.7. The van der Waals surface area contributed by atoms with Crippen LogP contribution < -0.4 is 5.32 Å². The third-order valence-corrected chi connectivity index (χ3v) is 6.23. The van der Waals surface area contributed by atoms with Gasteiger partial charge in [0.15, 0.2) is 5.13 Å². The molecule has 1 heterocycles. The Hall–Kier alpha value is -2.46. The smallest absolute Gasteiger partial charge is 0.233 e. The van der Waals surface area contributed by atoms with Crippen LogP contribution in [0.4, 0.5) is 5.13 Å². The molecule has 28 heavy (non-hydrogen) atoms. The average molecular weight is 391 g/mol. The molecule has 2 aromatic carbocycles. The van der Waals surface area contributed by atoms with E-state index >= 15 is 0 Å². The molecule has 0 bridgehead atoms. The van der Waals surface area contributed by atoms with E-state index in [-0.39, 0.29) is 11.8 Å². The van der Waals surface area contributed by atoms with Crippen LogP contribution in [0.2, 0.25) is 0 Å². The zero-order chi connectivity index (χ0) is 19.3. The highest BCUT2D eigenvalue weighted by Gasteiger charge is 2.21. The molecule has 0 saturated carbocycles. The van der Waals surface area contributed by atoms with Crippen molar-refractivity contribution in [2.24, 2.45) is 0 Å². The van der Waals surface area contributed by atoms with Crippen molar-refractivity contribution in [1.82, 2.24) is 4.98 Å². The van der Waals surface area contributed by atoms with Crippen LogP contribution in [0.5, 0.6) is 0 Å². The van der Waals surface area contributed by atoms with Gasteiger partial charge in [0.1, 0.15) is 0 Å². The van der Waals surface area contributed by atoms with Crippen LogP contribution in [-0.2, 0) is 17.6 Å². The first kappa shape index (κ1) is 18.9. The molecule has 1 atom stereocenters. The number of hydrogen-bond donors (Lipinski definition) is 1. The van der Waals surface area contributed by atoms with E-state index in [0.29, 0.717) is 5.13 Å². The standard InChI is InChI=1S/C24H26N2OS/c1-2-8-21(18-10-4-3-5-11-18)23(27)26-24-25-22(16-28-24)20-14-13-17-9-6-7-12-19(17)15-20/h3-5,10-11,13-16,21H,2,6-9,12H2,1H3,(H,25,26,27)/t21-/m1/s1. The number of nitrogens with one attached hydrogen (secondary N) is 1. The summed E-state index contributed by atoms with van der Waals surface area (Å²) < 4.78 is 0. The summed E-state index contributed by atoms with van der Waals surface area (Å²) in [5.74, 6) is -0.110. The van der Waals surface area contributed by atoms with Crippen molar-refractivity contribution in [2.75, 3.05) is 5.32 Å². The Bertz CT molecular complexity index is 948. The van der Waals surface area contributed by atoms with Crippen molar-refractivity contribution in [2.45, 2.75) is 51.4 Å². The predicted molar refractivity (Wildman–Crippen MR) is 117 cm³/mol. The van der Waals surface area contributed by atoms with Gasteiger partial charge in [-0.05, 0) is 54.9 Å². The Morgan fingerprint density at radius 1 is 1.11 bits per heavy atom. The van der Waals surface area contributed by atoms with E-state index in [2.05, 4.69) is 30.4 Å². The summed E-state index contributed by atoms with van der Waals surface area (Å²) in [5.41, 5.74) is 6.08. The number of rotatable bonds is 6. The number of carbonyl (C=O) groups is 1. The molecule has 1 amide bonds. The lowest BCUT2D eigenvalue weighted by atomic mass is 9.90. The number of fused-ring (bicyclic) bond motifs is 1. The van der Waals surface area contributed by atoms with Crippen molar-refractivity contribution in [1.29, 1.82) is 0 Å². The maximum atomic E-state index is 12.9. The number of anilines is 1. The van der Waals surface area contributed by atoms with Crippen LogP contribution in [0.15, 0.2) is 53.9 Å². The number of aromatic nitrogens is 1. The molecule has 0 radical (unpaired) electrons. The maximum Gasteiger partial charge on any atom is 0.233 e. The van der Waals surface area contributed by atoms with E-state index < -0.39 is 0 Å². The second-order valence-electron chi connectivity index (χ2n) is 7.47. The topological polar surface area (TPSA) is 42.0 Å². The Morgan fingerprint density at radius 2 is 1.89 bits per heavy atom. The van der Waals surface area contributed by atoms with E-state index in [0.717, 1.165) is 36.1 Å². The Kier molecular flexibility index (Phi) is 5.87. The minimum atomic E-state index is -0.137. The highest BCUT2D eigenvalue weighted by atomic mass is 32.1. The third-order valence-electron chi connectivity index (χ3n) is 5.47. The summed E-state index contributed by atoms with van der Waals surface area (Å²) in [4.78, 5) is 17.6. The van der Waals surface area contributed by atoms with Crippen molar-refractivity contribution in [3.8, 4) is 11.3 Å². The molecule has 0 aliphatic heterocycles. The van der Waals surface area contributed by atoms with Gasteiger partial charge in [-0.2, -0.15) is 0 Å². The van der Waals surface area contributed by atoms with Crippen LogP contribution in [0.3, 0.4) is 0 Å². The maximum absolute atomic E-state index is 12.9. The van der Waals surface area contributed by atoms with Gasteiger partial charge in [-0.3, -0.25) is 4.79 Å². The summed E-state index contributed by atoms with van der Waals surface area (Å²) in [6.45, 7) is 2.11. The quantitative estimate of drug-likeness (QED) is 0.543. The zero-order valence-electron chi connectivity index (χ0n) is 16.3. The van der Waals surface area contributed by atoms with E-state index in [9.17, 15) is 4.79 Å². The number of amides is 1. The highest BCUT2D eigenvalue weighted by molar-refractivity contribution is 7.14. The summed E-state index contributed by atoms with van der Waals surface area (Å²) in [6.07, 6.45) is 6.70. The Balaban J connectivity index is 1.50. The largest absolute Gasteiger partial charge is 0.301 e. The van der Waals surface area contributed by atoms with Crippen LogP contribution in [-0.4, -0.2) is 10.9 Å². The number of carbonyl (C=O) groups excluding carboxylic acids is 1. The fraction of sp³-hybridized carbons (Fsp3) is 0.333. The van der Waals surface area contributed by atoms with Gasteiger partial charge in [-0.1, -0.05) is 55.8 Å². The summed E-state index contributed by atoms with van der Waals surface area (Å²) >= 11 is 1.50. The Labute approximate surface area is 170 Å². The number of hydrogen-bond acceptors (Lipinski definition) is 3. The third kappa shape index (κ3) is 4.17. The van der Waals surface area contributed by atoms with Crippen LogP contribution in [0, 0.1) is 0 Å². The summed E-state index contributed by atoms with van der Waals surface area (Å²) in [6, 6.07) is 16.7. The van der Waals surface area contributed by atoms with Crippen molar-refractivity contribution in [3.05, 3.63) is 70.6 Å². The SMILES string of the molecule is CCC[C@@H](C(=O)Nc1nc(-c2ccc3c(c2)CCCC3)cs1)c1ccccc1. The van der Waals surface area contributed by atoms with Crippen LogP contribution in [0.1, 0.15) is 55.2 Å². The van der Waals surface area contributed by atoms with Crippen molar-refractivity contribution >= 4 is 22.4 Å². The van der Waals surface area contributed by atoms with Crippen molar-refractivity contribution < 1.29 is 4.79 Å². The molecule has 0 fully saturated rings. The zero-order valence-corrected chi connectivity index (χ0v) is 17.1. The second-order valence-corrected chi connectivity index (χ2v) is 8.33. The van der Waals surface area contributed by atoms with Gasteiger partial charge in [0.05, 0.1) is 11.6 Å². The fourth-order valence-corrected chi connectivity index (χ4v) is 4.69. The number of nitrogens with zero attached hydrogens (tertiary/aromatic N) is 1. The van der Waals surface area contributed by atoms with Gasteiger partial charge in [-0.15, -0.1) is 11.3 Å². The molecule has 0 saturated heterocycles. The van der Waals surface area contributed by atoms with Crippen LogP contribution >= 0.6 is 11.3 Å². The molecule has 1 aliphatic rings. The van der Waals surface area contributed by atoms with Crippen LogP contribution in [0.25, 0.3) is 11.3 Å². The second kappa shape index (κ2) is 8.70. The monoisotopic (exact) mass is 390 g/mol. The lowest BCUT2D eigenvalue weighted by Crippen LogP contribution is -2.21. The van der Waals surface area contributed by atoms with Gasteiger partial charge in [0, 0.05) is 10.9 Å². The average Bonchev–Trinajstić information content (AvgIpc) is 3.20. The normalized spacial score (nSPS) is 14.3. The van der Waals surface area contributed by atoms with E-state index in [1.807, 2.05) is 35.7 Å². The molecule has 144 valence electrons. The number of thiazole rings is 1. The molecule has 4 rings (SSSR count). The lowest BCUT2D eigenvalue weighted by Gasteiger charge is -2.16. The first-order valence-corrected chi connectivity index (χ1v) is 11.1. The van der Waals surface area contributed by atoms with Gasteiger partial charge in [0.2, 0.25) is 5.91 Å². The van der Waals surface area contributed by atoms with E-state index in [1.165, 1.54) is 41.7 Å². The van der Waals surface area contributed by atoms with Gasteiger partial charge in [-0.25, -0.2) is 4.98 Å². The molecular formula is C24H26N2OS. The highest BCUT2D eigenvalue weighted by Crippen LogP contribution is 2.30. The number of benzene rings is 2. The molecular weight excluding hydrogens is 364 g/mol. The molecule has 1 aromatic heterocycles. The molecule has 3 aromatic rings. The predicted octanol–water partition coefficient (Wildman–Crippen LogP) is 6.21. The fourth-order valence-electron chi connectivity index (χ4n) is 3.97. The van der Waals surface area contributed by atoms with Crippen molar-refractivity contribution in [3.63, 3.8) is 0 Å². The van der Waals surface area contributed by atoms with Gasteiger partial charge >= 0.3 is 0 Å². The molecule has 0 unspecified atom stereocenters. The molecule has 3 nitrogen and oxygen atoms in total. The summed E-state index contributed by atoms with van der Waals surface area (Å²) in [7, 11) is 0. The molecule has 4 heteroatoms. The Morgan fingerprint density at radius 3 is 2.68 bits per heavy atom. The van der Waals surface area contributed by atoms with Gasteiger partial charge < -0.3 is 5.32 Å². The first-order valence-electron chi connectivity index (χ1n) is 10.2. The van der Waals surface area contributed by atoms with E-state index in [4.69, 9.17) is 4.98 Å². The van der Waals surface area contributed by atoms with E-state index in [1.54, 1.807) is 0 Å². The van der Waals surface area contributed by atoms with Gasteiger partial charge in [0.25, 0.3) is 0 Å². The molecule has 1 aliphatic carbocycles. The molecule has 1 N–H and O–H groups in total. The lowest BCUT2D eigenvalue weighted by molar-refractivity contribution is -0.117.